The second-order valence-corrected chi connectivity index (χ2v) is 9.41. The highest BCUT2D eigenvalue weighted by molar-refractivity contribution is 7.47. The van der Waals surface area contributed by atoms with E-state index in [9.17, 15) is 60.2 Å². The molecule has 13 atom stereocenters. The molecular formula is C17H31O18P. The summed E-state index contributed by atoms with van der Waals surface area (Å²) < 4.78 is 37.4. The molecule has 212 valence electrons. The van der Waals surface area contributed by atoms with Crippen LogP contribution in [0.4, 0.5) is 0 Å². The fourth-order valence-electron chi connectivity index (χ4n) is 3.57. The van der Waals surface area contributed by atoms with Gasteiger partial charge in [-0.2, -0.15) is 0 Å². The zero-order valence-electron chi connectivity index (χ0n) is 18.5. The molecule has 18 nitrogen and oxygen atoms in total. The predicted octanol–water partition coefficient (Wildman–Crippen LogP) is -6.97. The van der Waals surface area contributed by atoms with E-state index in [2.05, 4.69) is 4.52 Å². The minimum Gasteiger partial charge on any atom is -0.394 e. The molecule has 0 spiro atoms. The molecule has 19 heteroatoms. The second-order valence-electron chi connectivity index (χ2n) is 8.05. The Kier molecular flexibility index (Phi) is 11.3. The van der Waals surface area contributed by atoms with Gasteiger partial charge >= 0.3 is 7.82 Å². The van der Waals surface area contributed by atoms with Gasteiger partial charge in [-0.25, -0.2) is 4.57 Å². The molecule has 0 bridgehead atoms. The van der Waals surface area contributed by atoms with Crippen LogP contribution in [0.2, 0.25) is 0 Å². The number of phosphoric acid groups is 1. The third kappa shape index (κ3) is 6.63. The van der Waals surface area contributed by atoms with Crippen molar-refractivity contribution >= 4 is 14.1 Å². The summed E-state index contributed by atoms with van der Waals surface area (Å²) in [6.45, 7) is -4.16. The molecule has 36 heavy (non-hydrogen) atoms. The predicted molar refractivity (Wildman–Crippen MR) is 107 cm³/mol. The largest absolute Gasteiger partial charge is 0.473 e. The van der Waals surface area contributed by atoms with Crippen LogP contribution in [0.3, 0.4) is 0 Å². The van der Waals surface area contributed by atoms with Gasteiger partial charge in [-0.05, 0) is 0 Å². The Morgan fingerprint density at radius 3 is 2.08 bits per heavy atom. The van der Waals surface area contributed by atoms with Crippen molar-refractivity contribution in [2.24, 2.45) is 0 Å². The number of carbonyl (C=O) groups excluding carboxylic acids is 1. The molecule has 0 aromatic rings. The maximum absolute atomic E-state index is 12.5. The standard InChI is InChI=1S/C17H31O18P/c18-1-6(23)10(24)8(3-20)34-36(29,30)35-14-9(4-21)32-17(5-22,15(14)28)33-16-13(27)12(26)11(25)7(2-19)31-16/h3,6-16,18-19,21-28H,1-2,4-5H2,(H,29,30)/t6-,7+,8-,9+,10-,11+,12-,13+,14+,15-,16+,17-/m0/s1. The van der Waals surface area contributed by atoms with Crippen molar-refractivity contribution < 1.29 is 88.6 Å². The highest BCUT2D eigenvalue weighted by Gasteiger charge is 2.60. The molecule has 2 fully saturated rings. The number of carbonyl (C=O) groups is 1. The number of aliphatic hydroxyl groups is 10. The van der Waals surface area contributed by atoms with Crippen LogP contribution < -0.4 is 0 Å². The fourth-order valence-corrected chi connectivity index (χ4v) is 4.66. The number of rotatable bonds is 13. The minimum atomic E-state index is -5.42. The first kappa shape index (κ1) is 31.5. The van der Waals surface area contributed by atoms with Gasteiger partial charge in [-0.15, -0.1) is 0 Å². The van der Waals surface area contributed by atoms with Gasteiger partial charge in [-0.3, -0.25) is 9.05 Å². The van der Waals surface area contributed by atoms with Crippen molar-refractivity contribution in [2.45, 2.75) is 73.1 Å². The van der Waals surface area contributed by atoms with Crippen LogP contribution in [0.1, 0.15) is 0 Å². The summed E-state index contributed by atoms with van der Waals surface area (Å²) in [6, 6.07) is 0. The summed E-state index contributed by atoms with van der Waals surface area (Å²) in [4.78, 5) is 21.2. The van der Waals surface area contributed by atoms with E-state index in [1.165, 1.54) is 0 Å². The quantitative estimate of drug-likeness (QED) is 0.0744. The molecule has 0 radical (unpaired) electrons. The third-order valence-electron chi connectivity index (χ3n) is 5.61. The van der Waals surface area contributed by atoms with Crippen molar-refractivity contribution in [3.8, 4) is 0 Å². The Labute approximate surface area is 203 Å². The van der Waals surface area contributed by atoms with E-state index >= 15 is 0 Å². The van der Waals surface area contributed by atoms with E-state index in [1.54, 1.807) is 0 Å². The SMILES string of the molecule is O=C[C@H](OP(=O)(O)O[C@@H]1[C@@H](CO)O[C@@](CO)(O[C@H]2O[C@H](CO)[C@@H](O)[C@H](O)[C@H]2O)[C@H]1O)[C@@H](O)[C@@H](O)CO. The van der Waals surface area contributed by atoms with Crippen LogP contribution in [0.5, 0.6) is 0 Å². The highest BCUT2D eigenvalue weighted by Crippen LogP contribution is 2.50. The lowest BCUT2D eigenvalue weighted by atomic mass is 9.99. The molecule has 0 amide bonds. The lowest BCUT2D eigenvalue weighted by molar-refractivity contribution is -0.383. The van der Waals surface area contributed by atoms with Crippen LogP contribution in [-0.2, 0) is 32.6 Å². The number of aldehydes is 1. The molecule has 0 aromatic carbocycles. The summed E-state index contributed by atoms with van der Waals surface area (Å²) in [7, 11) is -5.42. The Balaban J connectivity index is 2.23. The lowest BCUT2D eigenvalue weighted by Crippen LogP contribution is -2.62. The molecular weight excluding hydrogens is 523 g/mol. The van der Waals surface area contributed by atoms with Gasteiger partial charge < -0.3 is 75.0 Å². The van der Waals surface area contributed by atoms with Gasteiger partial charge in [0, 0.05) is 0 Å². The van der Waals surface area contributed by atoms with Crippen molar-refractivity contribution in [1.29, 1.82) is 0 Å². The first-order valence-electron chi connectivity index (χ1n) is 10.5. The van der Waals surface area contributed by atoms with E-state index in [4.69, 9.17) is 23.8 Å². The lowest BCUT2D eigenvalue weighted by Gasteiger charge is -2.43. The number of ether oxygens (including phenoxy) is 3. The highest BCUT2D eigenvalue weighted by atomic mass is 31.2. The van der Waals surface area contributed by atoms with Crippen LogP contribution >= 0.6 is 7.82 Å². The summed E-state index contributed by atoms with van der Waals surface area (Å²) in [6.07, 6.45) is -21.6. The Hall–Kier alpha value is -0.740. The number of phosphoric ester groups is 1. The minimum absolute atomic E-state index is 0.179. The van der Waals surface area contributed by atoms with Gasteiger partial charge in [0.05, 0.1) is 19.8 Å². The molecule has 0 saturated carbocycles. The average Bonchev–Trinajstić information content (AvgIpc) is 3.12. The fraction of sp³-hybridized carbons (Fsp3) is 0.941. The van der Waals surface area contributed by atoms with E-state index in [1.807, 2.05) is 0 Å². The van der Waals surface area contributed by atoms with Gasteiger partial charge in [0.25, 0.3) is 0 Å². The van der Waals surface area contributed by atoms with Crippen molar-refractivity contribution in [3.05, 3.63) is 0 Å². The zero-order chi connectivity index (χ0) is 27.4. The smallest absolute Gasteiger partial charge is 0.394 e. The summed E-state index contributed by atoms with van der Waals surface area (Å²) in [5.41, 5.74) is 0. The molecule has 2 heterocycles. The normalized spacial score (nSPS) is 41.4. The van der Waals surface area contributed by atoms with E-state index < -0.39 is 107 Å². The number of hydrogen-bond acceptors (Lipinski definition) is 17. The Bertz CT molecular complexity index is 755. The van der Waals surface area contributed by atoms with Gasteiger partial charge in [0.15, 0.2) is 18.7 Å². The van der Waals surface area contributed by atoms with E-state index in [0.29, 0.717) is 0 Å². The average molecular weight is 554 g/mol. The van der Waals surface area contributed by atoms with Crippen LogP contribution in [-0.4, -0.2) is 162 Å². The van der Waals surface area contributed by atoms with Gasteiger partial charge in [0.2, 0.25) is 5.79 Å². The first-order chi connectivity index (χ1) is 16.8. The molecule has 0 aromatic heterocycles. The number of aliphatic hydroxyl groups excluding tert-OH is 10. The van der Waals surface area contributed by atoms with E-state index in [0.717, 1.165) is 0 Å². The third-order valence-corrected chi connectivity index (χ3v) is 6.63. The molecule has 2 aliphatic rings. The second kappa shape index (κ2) is 12.9. The molecule has 2 saturated heterocycles. The molecule has 11 N–H and O–H groups in total. The summed E-state index contributed by atoms with van der Waals surface area (Å²) in [5, 5.41) is 97.4. The monoisotopic (exact) mass is 554 g/mol. The maximum Gasteiger partial charge on any atom is 0.473 e. The zero-order valence-corrected chi connectivity index (χ0v) is 19.4. The Morgan fingerprint density at radius 1 is 0.972 bits per heavy atom. The Morgan fingerprint density at radius 2 is 1.58 bits per heavy atom. The summed E-state index contributed by atoms with van der Waals surface area (Å²) >= 11 is 0. The summed E-state index contributed by atoms with van der Waals surface area (Å²) in [5.74, 6) is -2.64. The molecule has 2 rings (SSSR count). The number of hydrogen-bond donors (Lipinski definition) is 11. The first-order valence-corrected chi connectivity index (χ1v) is 12.0. The van der Waals surface area contributed by atoms with Gasteiger partial charge in [0.1, 0.15) is 61.5 Å². The molecule has 2 aliphatic heterocycles. The molecule has 1 unspecified atom stereocenters. The van der Waals surface area contributed by atoms with E-state index in [-0.39, 0.29) is 6.29 Å². The van der Waals surface area contributed by atoms with Crippen molar-refractivity contribution in [2.75, 3.05) is 26.4 Å². The van der Waals surface area contributed by atoms with Crippen molar-refractivity contribution in [1.82, 2.24) is 0 Å². The molecule has 0 aliphatic carbocycles. The van der Waals surface area contributed by atoms with Crippen LogP contribution in [0.15, 0.2) is 0 Å². The maximum atomic E-state index is 12.5. The topological polar surface area (TPSA) is 303 Å². The van der Waals surface area contributed by atoms with Gasteiger partial charge in [-0.1, -0.05) is 0 Å². The van der Waals surface area contributed by atoms with Crippen LogP contribution in [0.25, 0.3) is 0 Å². The van der Waals surface area contributed by atoms with Crippen LogP contribution in [0, 0.1) is 0 Å². The van der Waals surface area contributed by atoms with Crippen molar-refractivity contribution in [3.63, 3.8) is 0 Å².